The Morgan fingerprint density at radius 1 is 1.33 bits per heavy atom. The molecule has 5 heteroatoms. The van der Waals surface area contributed by atoms with E-state index in [2.05, 4.69) is 22.8 Å². The molecule has 0 saturated heterocycles. The molecule has 0 fully saturated rings. The quantitative estimate of drug-likeness (QED) is 0.827. The van der Waals surface area contributed by atoms with E-state index in [1.54, 1.807) is 17.4 Å². The molecule has 0 amide bonds. The number of hydrogen-bond donors (Lipinski definition) is 2. The number of nitrogens with two attached hydrogens (primary N) is 1. The standard InChI is InChI=1S/C13H13ClN2S2/c14-10-4-1-5-11(12(10)13(15)17)16-7-6-9-3-2-8-18-9/h1-5,8,16H,6-7H2,(H2,15,17). The normalized spacial score (nSPS) is 10.3. The van der Waals surface area contributed by atoms with Crippen molar-refractivity contribution in [1.82, 2.24) is 0 Å². The van der Waals surface area contributed by atoms with Crippen LogP contribution in [0.3, 0.4) is 0 Å². The molecule has 2 aromatic rings. The van der Waals surface area contributed by atoms with Gasteiger partial charge in [-0.2, -0.15) is 0 Å². The Bertz CT molecular complexity index is 538. The van der Waals surface area contributed by atoms with Gasteiger partial charge in [-0.3, -0.25) is 0 Å². The Kier molecular flexibility index (Phi) is 4.58. The lowest BCUT2D eigenvalue weighted by Crippen LogP contribution is -2.15. The number of rotatable bonds is 5. The molecule has 0 unspecified atom stereocenters. The molecule has 3 N–H and O–H groups in total. The zero-order valence-corrected chi connectivity index (χ0v) is 12.0. The molecule has 0 aliphatic carbocycles. The van der Waals surface area contributed by atoms with Gasteiger partial charge >= 0.3 is 0 Å². The van der Waals surface area contributed by atoms with Crippen molar-refractivity contribution >= 4 is 45.8 Å². The fourth-order valence-corrected chi connectivity index (χ4v) is 2.96. The summed E-state index contributed by atoms with van der Waals surface area (Å²) in [4.78, 5) is 1.67. The molecule has 0 bridgehead atoms. The molecule has 0 aliphatic heterocycles. The minimum atomic E-state index is 0.319. The molecular formula is C13H13ClN2S2. The first kappa shape index (κ1) is 13.3. The predicted octanol–water partition coefficient (Wildman–Crippen LogP) is 3.69. The van der Waals surface area contributed by atoms with Crippen LogP contribution in [0.1, 0.15) is 10.4 Å². The second-order valence-corrected chi connectivity index (χ2v) is 5.66. The second kappa shape index (κ2) is 6.18. The third kappa shape index (κ3) is 3.22. The Balaban J connectivity index is 2.05. The molecule has 0 spiro atoms. The van der Waals surface area contributed by atoms with E-state index in [-0.39, 0.29) is 0 Å². The van der Waals surface area contributed by atoms with E-state index in [0.717, 1.165) is 24.2 Å². The van der Waals surface area contributed by atoms with Crippen LogP contribution in [-0.2, 0) is 6.42 Å². The minimum Gasteiger partial charge on any atom is -0.389 e. The molecule has 0 aliphatic rings. The summed E-state index contributed by atoms with van der Waals surface area (Å²) < 4.78 is 0. The van der Waals surface area contributed by atoms with Gasteiger partial charge in [0.15, 0.2) is 0 Å². The minimum absolute atomic E-state index is 0.319. The SMILES string of the molecule is NC(=S)c1c(Cl)cccc1NCCc1cccs1. The second-order valence-electron chi connectivity index (χ2n) is 3.78. The van der Waals surface area contributed by atoms with Crippen molar-refractivity contribution in [3.05, 3.63) is 51.2 Å². The van der Waals surface area contributed by atoms with Crippen molar-refractivity contribution in [3.63, 3.8) is 0 Å². The van der Waals surface area contributed by atoms with Gasteiger partial charge in [-0.1, -0.05) is 36.0 Å². The van der Waals surface area contributed by atoms with E-state index in [1.165, 1.54) is 4.88 Å². The highest BCUT2D eigenvalue weighted by atomic mass is 35.5. The van der Waals surface area contributed by atoms with Crippen molar-refractivity contribution in [2.75, 3.05) is 11.9 Å². The topological polar surface area (TPSA) is 38.0 Å². The van der Waals surface area contributed by atoms with Crippen molar-refractivity contribution in [2.24, 2.45) is 5.73 Å². The van der Waals surface area contributed by atoms with E-state index in [1.807, 2.05) is 12.1 Å². The number of halogens is 1. The summed E-state index contributed by atoms with van der Waals surface area (Å²) in [5.41, 5.74) is 7.31. The zero-order valence-electron chi connectivity index (χ0n) is 9.65. The molecule has 2 nitrogen and oxygen atoms in total. The molecular weight excluding hydrogens is 284 g/mol. The molecule has 1 heterocycles. The Morgan fingerprint density at radius 2 is 2.17 bits per heavy atom. The summed E-state index contributed by atoms with van der Waals surface area (Å²) >= 11 is 12.9. The summed E-state index contributed by atoms with van der Waals surface area (Å²) in [6.07, 6.45) is 0.973. The van der Waals surface area contributed by atoms with E-state index in [0.29, 0.717) is 10.0 Å². The lowest BCUT2D eigenvalue weighted by molar-refractivity contribution is 1.04. The fourth-order valence-electron chi connectivity index (χ4n) is 1.70. The first-order chi connectivity index (χ1) is 8.68. The fraction of sp³-hybridized carbons (Fsp3) is 0.154. The van der Waals surface area contributed by atoms with Gasteiger partial charge in [0.25, 0.3) is 0 Å². The molecule has 1 aromatic heterocycles. The maximum absolute atomic E-state index is 6.10. The van der Waals surface area contributed by atoms with Crippen LogP contribution in [0, 0.1) is 0 Å². The molecule has 1 aromatic carbocycles. The van der Waals surface area contributed by atoms with E-state index in [9.17, 15) is 0 Å². The van der Waals surface area contributed by atoms with Gasteiger partial charge in [0.2, 0.25) is 0 Å². The molecule has 0 saturated carbocycles. The Hall–Kier alpha value is -1.10. The Labute approximate surface area is 121 Å². The maximum Gasteiger partial charge on any atom is 0.107 e. The molecule has 2 rings (SSSR count). The largest absolute Gasteiger partial charge is 0.389 e. The van der Waals surface area contributed by atoms with Crippen molar-refractivity contribution in [2.45, 2.75) is 6.42 Å². The zero-order chi connectivity index (χ0) is 13.0. The number of thiocarbonyl (C=S) groups is 1. The molecule has 18 heavy (non-hydrogen) atoms. The van der Waals surface area contributed by atoms with Crippen LogP contribution in [-0.4, -0.2) is 11.5 Å². The highest BCUT2D eigenvalue weighted by Gasteiger charge is 2.09. The van der Waals surface area contributed by atoms with Crippen LogP contribution in [0.5, 0.6) is 0 Å². The average molecular weight is 297 g/mol. The van der Waals surface area contributed by atoms with Crippen LogP contribution in [0.4, 0.5) is 5.69 Å². The summed E-state index contributed by atoms with van der Waals surface area (Å²) in [6.45, 7) is 0.830. The van der Waals surface area contributed by atoms with E-state index in [4.69, 9.17) is 29.6 Å². The van der Waals surface area contributed by atoms with E-state index >= 15 is 0 Å². The smallest absolute Gasteiger partial charge is 0.107 e. The molecule has 0 radical (unpaired) electrons. The predicted molar refractivity (Wildman–Crippen MR) is 83.9 cm³/mol. The number of benzene rings is 1. The van der Waals surface area contributed by atoms with Gasteiger partial charge in [0, 0.05) is 17.1 Å². The van der Waals surface area contributed by atoms with Crippen LogP contribution in [0.15, 0.2) is 35.7 Å². The third-order valence-corrected chi connectivity index (χ3v) is 3.98. The van der Waals surface area contributed by atoms with Gasteiger partial charge in [-0.25, -0.2) is 0 Å². The van der Waals surface area contributed by atoms with Gasteiger partial charge < -0.3 is 11.1 Å². The number of anilines is 1. The van der Waals surface area contributed by atoms with Gasteiger partial charge in [-0.05, 0) is 30.0 Å². The lowest BCUT2D eigenvalue weighted by Gasteiger charge is -2.12. The van der Waals surface area contributed by atoms with Gasteiger partial charge in [-0.15, -0.1) is 11.3 Å². The van der Waals surface area contributed by atoms with Crippen LogP contribution < -0.4 is 11.1 Å². The molecule has 94 valence electrons. The lowest BCUT2D eigenvalue weighted by atomic mass is 10.1. The van der Waals surface area contributed by atoms with Crippen LogP contribution in [0.25, 0.3) is 0 Å². The van der Waals surface area contributed by atoms with Gasteiger partial charge in [0.1, 0.15) is 4.99 Å². The number of hydrogen-bond acceptors (Lipinski definition) is 3. The van der Waals surface area contributed by atoms with E-state index < -0.39 is 0 Å². The molecule has 0 atom stereocenters. The summed E-state index contributed by atoms with van der Waals surface area (Å²) in [7, 11) is 0. The van der Waals surface area contributed by atoms with Crippen LogP contribution in [0.2, 0.25) is 5.02 Å². The van der Waals surface area contributed by atoms with Crippen molar-refractivity contribution < 1.29 is 0 Å². The van der Waals surface area contributed by atoms with Crippen LogP contribution >= 0.6 is 35.2 Å². The number of thiophene rings is 1. The average Bonchev–Trinajstić information content (AvgIpc) is 2.81. The highest BCUT2D eigenvalue weighted by Crippen LogP contribution is 2.24. The van der Waals surface area contributed by atoms with Crippen molar-refractivity contribution in [1.29, 1.82) is 0 Å². The summed E-state index contributed by atoms with van der Waals surface area (Å²) in [6, 6.07) is 9.80. The van der Waals surface area contributed by atoms with Crippen molar-refractivity contribution in [3.8, 4) is 0 Å². The maximum atomic E-state index is 6.10. The summed E-state index contributed by atoms with van der Waals surface area (Å²) in [5, 5.41) is 5.99. The first-order valence-corrected chi connectivity index (χ1v) is 7.19. The first-order valence-electron chi connectivity index (χ1n) is 5.53. The summed E-state index contributed by atoms with van der Waals surface area (Å²) in [5.74, 6) is 0. The Morgan fingerprint density at radius 3 is 2.83 bits per heavy atom. The third-order valence-electron chi connectivity index (χ3n) is 2.53. The van der Waals surface area contributed by atoms with Gasteiger partial charge in [0.05, 0.1) is 10.6 Å². The highest BCUT2D eigenvalue weighted by molar-refractivity contribution is 7.80. The monoisotopic (exact) mass is 296 g/mol. The number of nitrogens with one attached hydrogen (secondary N) is 1.